The van der Waals surface area contributed by atoms with Crippen molar-refractivity contribution in [1.29, 1.82) is 0 Å². The Morgan fingerprint density at radius 3 is 2.64 bits per heavy atom. The minimum atomic E-state index is -0.759. The van der Waals surface area contributed by atoms with Gasteiger partial charge in [0.15, 0.2) is 0 Å². The van der Waals surface area contributed by atoms with Crippen LogP contribution in [0.3, 0.4) is 0 Å². The van der Waals surface area contributed by atoms with Gasteiger partial charge in [0.25, 0.3) is 5.91 Å². The third kappa shape index (κ3) is 4.19. The second-order valence-electron chi connectivity index (χ2n) is 4.29. The number of halogens is 2. The van der Waals surface area contributed by atoms with Gasteiger partial charge in [-0.25, -0.2) is 18.7 Å². The molecule has 0 aliphatic rings. The zero-order valence-electron chi connectivity index (χ0n) is 11.8. The number of amides is 1. The molecular weight excluding hydrogens is 294 g/mol. The average Bonchev–Trinajstić information content (AvgIpc) is 2.51. The fourth-order valence-electron chi connectivity index (χ4n) is 1.59. The minimum Gasteiger partial charge on any atom is -0.383 e. The number of hydrogen-bond donors (Lipinski definition) is 2. The summed E-state index contributed by atoms with van der Waals surface area (Å²) in [7, 11) is 1.53. The molecule has 0 spiro atoms. The molecule has 1 heterocycles. The Morgan fingerprint density at radius 1 is 1.27 bits per heavy atom. The van der Waals surface area contributed by atoms with E-state index in [0.29, 0.717) is 13.2 Å². The Hall–Kier alpha value is -2.61. The number of aromatic nitrogens is 2. The van der Waals surface area contributed by atoms with Gasteiger partial charge >= 0.3 is 0 Å². The third-order valence-corrected chi connectivity index (χ3v) is 2.68. The summed E-state index contributed by atoms with van der Waals surface area (Å²) in [6, 6.07) is 3.10. The Labute approximate surface area is 125 Å². The molecule has 1 amide bonds. The van der Waals surface area contributed by atoms with Crippen LogP contribution in [-0.4, -0.2) is 36.1 Å². The first-order chi connectivity index (χ1) is 10.6. The van der Waals surface area contributed by atoms with E-state index in [9.17, 15) is 13.6 Å². The second-order valence-corrected chi connectivity index (χ2v) is 4.29. The van der Waals surface area contributed by atoms with E-state index >= 15 is 0 Å². The van der Waals surface area contributed by atoms with Crippen molar-refractivity contribution in [2.24, 2.45) is 0 Å². The van der Waals surface area contributed by atoms with Crippen molar-refractivity contribution in [2.75, 3.05) is 25.6 Å². The van der Waals surface area contributed by atoms with E-state index in [1.54, 1.807) is 0 Å². The van der Waals surface area contributed by atoms with Gasteiger partial charge in [-0.2, -0.15) is 0 Å². The molecule has 1 aromatic heterocycles. The first-order valence-corrected chi connectivity index (χ1v) is 6.41. The van der Waals surface area contributed by atoms with Gasteiger partial charge in [0.05, 0.1) is 17.9 Å². The first kappa shape index (κ1) is 15.8. The van der Waals surface area contributed by atoms with Gasteiger partial charge in [0.1, 0.15) is 11.6 Å². The van der Waals surface area contributed by atoms with E-state index in [1.807, 2.05) is 0 Å². The monoisotopic (exact) mass is 308 g/mol. The van der Waals surface area contributed by atoms with Crippen LogP contribution in [0.15, 0.2) is 30.6 Å². The van der Waals surface area contributed by atoms with Gasteiger partial charge in [-0.05, 0) is 12.1 Å². The molecule has 0 atom stereocenters. The lowest BCUT2D eigenvalue weighted by molar-refractivity contribution is 0.0936. The number of carbonyl (C=O) groups is 1. The number of carbonyl (C=O) groups excluding carboxylic acids is 1. The van der Waals surface area contributed by atoms with E-state index in [0.717, 1.165) is 12.1 Å². The highest BCUT2D eigenvalue weighted by molar-refractivity contribution is 5.93. The smallest absolute Gasteiger partial charge is 0.254 e. The lowest BCUT2D eigenvalue weighted by Crippen LogP contribution is -2.27. The summed E-state index contributed by atoms with van der Waals surface area (Å²) >= 11 is 0. The predicted molar refractivity (Wildman–Crippen MR) is 75.9 cm³/mol. The van der Waals surface area contributed by atoms with Crippen molar-refractivity contribution < 1.29 is 18.3 Å². The van der Waals surface area contributed by atoms with Crippen LogP contribution >= 0.6 is 0 Å². The summed E-state index contributed by atoms with van der Waals surface area (Å²) in [5.41, 5.74) is 0.305. The number of ether oxygens (including phenoxy) is 1. The van der Waals surface area contributed by atoms with Crippen LogP contribution in [0.1, 0.15) is 10.4 Å². The van der Waals surface area contributed by atoms with Crippen molar-refractivity contribution in [3.63, 3.8) is 0 Å². The van der Waals surface area contributed by atoms with Crippen molar-refractivity contribution in [3.8, 4) is 0 Å². The highest BCUT2D eigenvalue weighted by Gasteiger charge is 2.08. The molecule has 22 heavy (non-hydrogen) atoms. The number of nitrogens with zero attached hydrogens (tertiary/aromatic N) is 2. The van der Waals surface area contributed by atoms with Crippen LogP contribution in [0.25, 0.3) is 0 Å². The van der Waals surface area contributed by atoms with Gasteiger partial charge in [-0.15, -0.1) is 0 Å². The van der Waals surface area contributed by atoms with Crippen molar-refractivity contribution in [3.05, 3.63) is 47.8 Å². The number of hydrogen-bond acceptors (Lipinski definition) is 5. The molecule has 0 saturated carbocycles. The zero-order valence-corrected chi connectivity index (χ0v) is 11.8. The minimum absolute atomic E-state index is 0.0405. The van der Waals surface area contributed by atoms with Crippen molar-refractivity contribution in [1.82, 2.24) is 15.3 Å². The number of nitrogens with one attached hydrogen (secondary N) is 2. The summed E-state index contributed by atoms with van der Waals surface area (Å²) in [6.45, 7) is 0.770. The zero-order chi connectivity index (χ0) is 15.9. The normalized spacial score (nSPS) is 10.3. The maximum atomic E-state index is 13.5. The molecule has 0 bridgehead atoms. The molecule has 0 unspecified atom stereocenters. The van der Waals surface area contributed by atoms with Gasteiger partial charge in [0, 0.05) is 32.1 Å². The quantitative estimate of drug-likeness (QED) is 0.797. The number of methoxy groups -OCH3 is 1. The highest BCUT2D eigenvalue weighted by atomic mass is 19.1. The molecule has 8 heteroatoms. The van der Waals surface area contributed by atoms with Crippen LogP contribution in [0.2, 0.25) is 0 Å². The lowest BCUT2D eigenvalue weighted by Gasteiger charge is -2.07. The van der Waals surface area contributed by atoms with Crippen molar-refractivity contribution >= 4 is 17.5 Å². The summed E-state index contributed by atoms with van der Waals surface area (Å²) in [5, 5.41) is 5.22. The molecule has 0 aliphatic heterocycles. The van der Waals surface area contributed by atoms with Crippen LogP contribution in [0.5, 0.6) is 0 Å². The largest absolute Gasteiger partial charge is 0.383 e. The van der Waals surface area contributed by atoms with Crippen LogP contribution in [0.4, 0.5) is 20.4 Å². The standard InChI is InChI=1S/C14H14F2N4O2/c1-22-5-4-17-13(21)9-7-18-14(19-8-9)20-12-3-2-10(15)6-11(12)16/h2-3,6-8H,4-5H2,1H3,(H,17,21)(H,18,19,20). The Morgan fingerprint density at radius 2 is 2.00 bits per heavy atom. The van der Waals surface area contributed by atoms with E-state index in [4.69, 9.17) is 4.74 Å². The van der Waals surface area contributed by atoms with Gasteiger partial charge < -0.3 is 15.4 Å². The molecule has 0 radical (unpaired) electrons. The van der Waals surface area contributed by atoms with Gasteiger partial charge in [0.2, 0.25) is 5.95 Å². The molecule has 2 rings (SSSR count). The number of anilines is 2. The first-order valence-electron chi connectivity index (χ1n) is 6.41. The summed E-state index contributed by atoms with van der Waals surface area (Å²) < 4.78 is 31.1. The lowest BCUT2D eigenvalue weighted by atomic mass is 10.3. The van der Waals surface area contributed by atoms with Crippen molar-refractivity contribution in [2.45, 2.75) is 0 Å². The molecule has 2 N–H and O–H groups in total. The van der Waals surface area contributed by atoms with E-state index in [-0.39, 0.29) is 23.1 Å². The van der Waals surface area contributed by atoms with E-state index in [1.165, 1.54) is 25.6 Å². The molecular formula is C14H14F2N4O2. The number of benzene rings is 1. The summed E-state index contributed by atoms with van der Waals surface area (Å²) in [5.74, 6) is -1.67. The predicted octanol–water partition coefficient (Wildman–Crippen LogP) is 1.87. The maximum absolute atomic E-state index is 13.5. The summed E-state index contributed by atoms with van der Waals surface area (Å²) in [4.78, 5) is 19.5. The average molecular weight is 308 g/mol. The highest BCUT2D eigenvalue weighted by Crippen LogP contribution is 2.18. The van der Waals surface area contributed by atoms with Crippen LogP contribution < -0.4 is 10.6 Å². The Bertz CT molecular complexity index is 650. The third-order valence-electron chi connectivity index (χ3n) is 2.68. The van der Waals surface area contributed by atoms with Gasteiger partial charge in [-0.3, -0.25) is 4.79 Å². The van der Waals surface area contributed by atoms with Crippen LogP contribution in [0, 0.1) is 11.6 Å². The molecule has 6 nitrogen and oxygen atoms in total. The molecule has 1 aromatic carbocycles. The SMILES string of the molecule is COCCNC(=O)c1cnc(Nc2ccc(F)cc2F)nc1. The topological polar surface area (TPSA) is 76.1 Å². The molecule has 0 saturated heterocycles. The molecule has 0 aliphatic carbocycles. The number of rotatable bonds is 6. The molecule has 2 aromatic rings. The van der Waals surface area contributed by atoms with E-state index < -0.39 is 11.6 Å². The van der Waals surface area contributed by atoms with Crippen LogP contribution in [-0.2, 0) is 4.74 Å². The second kappa shape index (κ2) is 7.41. The molecule has 116 valence electrons. The Kier molecular flexibility index (Phi) is 5.31. The molecule has 0 fully saturated rings. The Balaban J connectivity index is 2.01. The van der Waals surface area contributed by atoms with E-state index in [2.05, 4.69) is 20.6 Å². The fourth-order valence-corrected chi connectivity index (χ4v) is 1.59. The fraction of sp³-hybridized carbons (Fsp3) is 0.214. The van der Waals surface area contributed by atoms with Gasteiger partial charge in [-0.1, -0.05) is 0 Å². The maximum Gasteiger partial charge on any atom is 0.254 e. The summed E-state index contributed by atoms with van der Waals surface area (Å²) in [6.07, 6.45) is 2.61.